The lowest BCUT2D eigenvalue weighted by molar-refractivity contribution is 0.155. The van der Waals surface area contributed by atoms with E-state index in [9.17, 15) is 8.42 Å². The van der Waals surface area contributed by atoms with Crippen LogP contribution in [0.1, 0.15) is 25.8 Å². The molecule has 138 valence electrons. The highest BCUT2D eigenvalue weighted by molar-refractivity contribution is 7.89. The summed E-state index contributed by atoms with van der Waals surface area (Å²) < 4.78 is 28.9. The van der Waals surface area contributed by atoms with Gasteiger partial charge in [0.2, 0.25) is 10.0 Å². The van der Waals surface area contributed by atoms with E-state index >= 15 is 0 Å². The predicted molar refractivity (Wildman–Crippen MR) is 100 cm³/mol. The van der Waals surface area contributed by atoms with E-state index in [4.69, 9.17) is 5.73 Å². The molecule has 1 saturated heterocycles. The molecule has 0 amide bonds. The summed E-state index contributed by atoms with van der Waals surface area (Å²) in [6.07, 6.45) is 3.70. The third-order valence-electron chi connectivity index (χ3n) is 4.71. The smallest absolute Gasteiger partial charge is 0.246 e. The molecule has 1 fully saturated rings. The second-order valence-corrected chi connectivity index (χ2v) is 9.02. The van der Waals surface area contributed by atoms with Crippen LogP contribution in [0.5, 0.6) is 0 Å². The van der Waals surface area contributed by atoms with Crippen LogP contribution in [0.15, 0.2) is 47.6 Å². The van der Waals surface area contributed by atoms with Crippen molar-refractivity contribution in [1.82, 2.24) is 14.1 Å². The third kappa shape index (κ3) is 4.23. The lowest BCUT2D eigenvalue weighted by Gasteiger charge is -2.41. The molecular formula is C17H25ClN4O2S. The third-order valence-corrected chi connectivity index (χ3v) is 6.51. The van der Waals surface area contributed by atoms with Crippen LogP contribution in [0.25, 0.3) is 0 Å². The molecule has 0 spiro atoms. The maximum atomic E-state index is 12.9. The standard InChI is InChI=1S/C17H24N4O2S.ClH/c1-17(2)13-21(9-8-16(17)18)24(22,23)15-10-19-20(12-15)11-14-6-4-3-5-7-14;/h3-7,10,12,16H,8-9,11,13,18H2,1-2H3;1H. The molecular weight excluding hydrogens is 360 g/mol. The first kappa shape index (κ1) is 19.9. The Balaban J connectivity index is 0.00000225. The lowest BCUT2D eigenvalue weighted by Crippen LogP contribution is -2.53. The van der Waals surface area contributed by atoms with Gasteiger partial charge in [-0.05, 0) is 17.4 Å². The molecule has 2 heterocycles. The van der Waals surface area contributed by atoms with E-state index < -0.39 is 10.0 Å². The monoisotopic (exact) mass is 384 g/mol. The Kier molecular flexibility index (Phi) is 5.93. The van der Waals surface area contributed by atoms with Crippen molar-refractivity contribution in [2.75, 3.05) is 13.1 Å². The minimum Gasteiger partial charge on any atom is -0.327 e. The van der Waals surface area contributed by atoms with E-state index in [1.165, 1.54) is 10.5 Å². The molecule has 0 saturated carbocycles. The van der Waals surface area contributed by atoms with Crippen molar-refractivity contribution >= 4 is 22.4 Å². The van der Waals surface area contributed by atoms with E-state index in [0.717, 1.165) is 5.56 Å². The molecule has 1 aliphatic heterocycles. The van der Waals surface area contributed by atoms with Crippen LogP contribution in [0.2, 0.25) is 0 Å². The van der Waals surface area contributed by atoms with Gasteiger partial charge in [0.25, 0.3) is 0 Å². The van der Waals surface area contributed by atoms with Crippen molar-refractivity contribution in [2.24, 2.45) is 11.1 Å². The van der Waals surface area contributed by atoms with Gasteiger partial charge in [0.05, 0.1) is 12.7 Å². The van der Waals surface area contributed by atoms with E-state index in [2.05, 4.69) is 5.10 Å². The fourth-order valence-electron chi connectivity index (χ4n) is 3.01. The summed E-state index contributed by atoms with van der Waals surface area (Å²) in [6, 6.07) is 9.86. The van der Waals surface area contributed by atoms with Crippen LogP contribution in [0.4, 0.5) is 0 Å². The Bertz CT molecular complexity index is 805. The Labute approximate surface area is 155 Å². The van der Waals surface area contributed by atoms with Crippen LogP contribution < -0.4 is 5.73 Å². The largest absolute Gasteiger partial charge is 0.327 e. The number of hydrogen-bond donors (Lipinski definition) is 1. The molecule has 1 atom stereocenters. The molecule has 25 heavy (non-hydrogen) atoms. The molecule has 6 nitrogen and oxygen atoms in total. The number of hydrogen-bond acceptors (Lipinski definition) is 4. The molecule has 0 aliphatic carbocycles. The summed E-state index contributed by atoms with van der Waals surface area (Å²) >= 11 is 0. The number of nitrogens with zero attached hydrogens (tertiary/aromatic N) is 3. The zero-order valence-corrected chi connectivity index (χ0v) is 16.1. The Morgan fingerprint density at radius 3 is 2.60 bits per heavy atom. The van der Waals surface area contributed by atoms with E-state index in [1.807, 2.05) is 44.2 Å². The Hall–Kier alpha value is -1.41. The number of aromatic nitrogens is 2. The SMILES string of the molecule is CC1(C)CN(S(=O)(=O)c2cnn(Cc3ccccc3)c2)CCC1N.Cl. The zero-order chi connectivity index (χ0) is 17.4. The summed E-state index contributed by atoms with van der Waals surface area (Å²) in [5.74, 6) is 0. The summed E-state index contributed by atoms with van der Waals surface area (Å²) in [6.45, 7) is 5.46. The van der Waals surface area contributed by atoms with Gasteiger partial charge in [-0.2, -0.15) is 9.40 Å². The highest BCUT2D eigenvalue weighted by Crippen LogP contribution is 2.31. The molecule has 2 aromatic rings. The first-order chi connectivity index (χ1) is 11.3. The number of sulfonamides is 1. The highest BCUT2D eigenvalue weighted by atomic mass is 35.5. The van der Waals surface area contributed by atoms with Crippen molar-refractivity contribution in [3.05, 3.63) is 48.3 Å². The minimum atomic E-state index is -3.53. The maximum Gasteiger partial charge on any atom is 0.246 e. The minimum absolute atomic E-state index is 0. The predicted octanol–water partition coefficient (Wildman–Crippen LogP) is 2.10. The molecule has 1 unspecified atom stereocenters. The molecule has 3 rings (SSSR count). The first-order valence-corrected chi connectivity index (χ1v) is 9.55. The Morgan fingerprint density at radius 1 is 1.28 bits per heavy atom. The van der Waals surface area contributed by atoms with Crippen LogP contribution in [0, 0.1) is 5.41 Å². The normalized spacial score (nSPS) is 20.8. The van der Waals surface area contributed by atoms with Gasteiger partial charge in [0.15, 0.2) is 0 Å². The van der Waals surface area contributed by atoms with Crippen molar-refractivity contribution in [1.29, 1.82) is 0 Å². The number of halogens is 1. The quantitative estimate of drug-likeness (QED) is 0.875. The lowest BCUT2D eigenvalue weighted by atomic mass is 9.81. The van der Waals surface area contributed by atoms with Crippen molar-refractivity contribution < 1.29 is 8.42 Å². The van der Waals surface area contributed by atoms with Gasteiger partial charge < -0.3 is 5.73 Å². The number of rotatable bonds is 4. The molecule has 8 heteroatoms. The van der Waals surface area contributed by atoms with Crippen molar-refractivity contribution in [3.8, 4) is 0 Å². The summed E-state index contributed by atoms with van der Waals surface area (Å²) in [5, 5.41) is 4.21. The van der Waals surface area contributed by atoms with Gasteiger partial charge in [0.1, 0.15) is 4.90 Å². The molecule has 0 radical (unpaired) electrons. The average molecular weight is 385 g/mol. The molecule has 1 aromatic heterocycles. The zero-order valence-electron chi connectivity index (χ0n) is 14.5. The maximum absolute atomic E-state index is 12.9. The molecule has 1 aliphatic rings. The van der Waals surface area contributed by atoms with Gasteiger partial charge in [-0.3, -0.25) is 4.68 Å². The van der Waals surface area contributed by atoms with Gasteiger partial charge in [-0.1, -0.05) is 44.2 Å². The topological polar surface area (TPSA) is 81.2 Å². The number of piperidine rings is 1. The van der Waals surface area contributed by atoms with E-state index in [1.54, 1.807) is 10.9 Å². The van der Waals surface area contributed by atoms with E-state index in [0.29, 0.717) is 26.1 Å². The summed E-state index contributed by atoms with van der Waals surface area (Å²) in [5.41, 5.74) is 6.96. The summed E-state index contributed by atoms with van der Waals surface area (Å²) in [7, 11) is -3.53. The molecule has 2 N–H and O–H groups in total. The molecule has 1 aromatic carbocycles. The van der Waals surface area contributed by atoms with Crippen molar-refractivity contribution in [2.45, 2.75) is 37.8 Å². The highest BCUT2D eigenvalue weighted by Gasteiger charge is 2.39. The fourth-order valence-corrected chi connectivity index (χ4v) is 4.60. The van der Waals surface area contributed by atoms with Crippen LogP contribution in [-0.2, 0) is 16.6 Å². The van der Waals surface area contributed by atoms with Gasteiger partial charge in [0, 0.05) is 25.3 Å². The Morgan fingerprint density at radius 2 is 1.96 bits per heavy atom. The summed E-state index contributed by atoms with van der Waals surface area (Å²) in [4.78, 5) is 0.240. The van der Waals surface area contributed by atoms with Crippen LogP contribution in [0.3, 0.4) is 0 Å². The number of benzene rings is 1. The van der Waals surface area contributed by atoms with Crippen molar-refractivity contribution in [3.63, 3.8) is 0 Å². The van der Waals surface area contributed by atoms with Gasteiger partial charge in [-0.15, -0.1) is 12.4 Å². The fraction of sp³-hybridized carbons (Fsp3) is 0.471. The molecule has 0 bridgehead atoms. The average Bonchev–Trinajstić information content (AvgIpc) is 3.00. The first-order valence-electron chi connectivity index (χ1n) is 8.11. The van der Waals surface area contributed by atoms with Crippen LogP contribution in [-0.4, -0.2) is 41.6 Å². The second-order valence-electron chi connectivity index (χ2n) is 7.08. The second kappa shape index (κ2) is 7.45. The van der Waals surface area contributed by atoms with Gasteiger partial charge >= 0.3 is 0 Å². The number of nitrogens with two attached hydrogens (primary N) is 1. The van der Waals surface area contributed by atoms with Gasteiger partial charge in [-0.25, -0.2) is 8.42 Å². The van der Waals surface area contributed by atoms with Crippen LogP contribution >= 0.6 is 12.4 Å². The van der Waals surface area contributed by atoms with E-state index in [-0.39, 0.29) is 28.8 Å².